The first-order chi connectivity index (χ1) is 12.5. The van der Waals surface area contributed by atoms with Crippen molar-refractivity contribution in [2.45, 2.75) is 44.7 Å². The SMILES string of the molecule is O=C(NCc1ccc(F)cc1)c1nc2n(c(=O)c1O)CC1CCC2CC1. The number of aromatic hydroxyl groups is 1. The topological polar surface area (TPSA) is 84.2 Å². The zero-order valence-electron chi connectivity index (χ0n) is 14.2. The van der Waals surface area contributed by atoms with E-state index >= 15 is 0 Å². The van der Waals surface area contributed by atoms with Crippen LogP contribution in [0.4, 0.5) is 4.39 Å². The van der Waals surface area contributed by atoms with Crippen molar-refractivity contribution < 1.29 is 14.3 Å². The molecule has 0 spiro atoms. The van der Waals surface area contributed by atoms with Crippen molar-refractivity contribution in [3.05, 3.63) is 57.5 Å². The van der Waals surface area contributed by atoms with Crippen molar-refractivity contribution in [3.8, 4) is 5.75 Å². The number of nitrogens with zero attached hydrogens (tertiary/aromatic N) is 2. The summed E-state index contributed by atoms with van der Waals surface area (Å²) in [5.74, 6) is -0.360. The van der Waals surface area contributed by atoms with Gasteiger partial charge in [0.25, 0.3) is 11.5 Å². The van der Waals surface area contributed by atoms with Gasteiger partial charge in [-0.3, -0.25) is 14.2 Å². The molecule has 1 aromatic carbocycles. The predicted molar refractivity (Wildman–Crippen MR) is 92.4 cm³/mol. The van der Waals surface area contributed by atoms with E-state index in [-0.39, 0.29) is 24.0 Å². The first-order valence-electron chi connectivity index (χ1n) is 8.89. The summed E-state index contributed by atoms with van der Waals surface area (Å²) in [5, 5.41) is 12.9. The van der Waals surface area contributed by atoms with Gasteiger partial charge in [-0.05, 0) is 49.3 Å². The molecule has 3 heterocycles. The second kappa shape index (κ2) is 6.55. The number of aromatic nitrogens is 2. The summed E-state index contributed by atoms with van der Waals surface area (Å²) in [6.45, 7) is 0.715. The smallest absolute Gasteiger partial charge is 0.296 e. The Labute approximate surface area is 149 Å². The van der Waals surface area contributed by atoms with Gasteiger partial charge in [-0.1, -0.05) is 12.1 Å². The second-order valence-corrected chi connectivity index (χ2v) is 7.11. The highest BCUT2D eigenvalue weighted by atomic mass is 19.1. The molecule has 1 amide bonds. The molecule has 2 N–H and O–H groups in total. The maximum absolute atomic E-state index is 12.9. The third-order valence-electron chi connectivity index (χ3n) is 5.41. The lowest BCUT2D eigenvalue weighted by molar-refractivity contribution is 0.0941. The van der Waals surface area contributed by atoms with Gasteiger partial charge in [0.1, 0.15) is 11.6 Å². The Kier molecular flexibility index (Phi) is 4.22. The zero-order valence-corrected chi connectivity index (χ0v) is 14.2. The van der Waals surface area contributed by atoms with E-state index in [0.717, 1.165) is 25.7 Å². The largest absolute Gasteiger partial charge is 0.501 e. The molecule has 5 rings (SSSR count). The van der Waals surface area contributed by atoms with Gasteiger partial charge in [0.05, 0.1) is 0 Å². The van der Waals surface area contributed by atoms with Crippen molar-refractivity contribution in [1.29, 1.82) is 0 Å². The summed E-state index contributed by atoms with van der Waals surface area (Å²) in [4.78, 5) is 29.4. The molecule has 1 aromatic heterocycles. The van der Waals surface area contributed by atoms with E-state index in [2.05, 4.69) is 10.3 Å². The summed E-state index contributed by atoms with van der Waals surface area (Å²) in [7, 11) is 0. The Morgan fingerprint density at radius 1 is 1.23 bits per heavy atom. The van der Waals surface area contributed by atoms with Crippen LogP contribution in [0.15, 0.2) is 29.1 Å². The van der Waals surface area contributed by atoms with Gasteiger partial charge in [-0.2, -0.15) is 0 Å². The first-order valence-corrected chi connectivity index (χ1v) is 8.89. The fourth-order valence-corrected chi connectivity index (χ4v) is 3.94. The Bertz CT molecular complexity index is 899. The van der Waals surface area contributed by atoms with Crippen LogP contribution in [-0.4, -0.2) is 20.6 Å². The lowest BCUT2D eigenvalue weighted by Crippen LogP contribution is -2.31. The molecule has 7 heteroatoms. The van der Waals surface area contributed by atoms with Crippen LogP contribution in [0.2, 0.25) is 0 Å². The lowest BCUT2D eigenvalue weighted by Gasteiger charge is -2.21. The molecule has 2 aromatic rings. The number of carbonyl (C=O) groups is 1. The summed E-state index contributed by atoms with van der Waals surface area (Å²) in [5.41, 5.74) is -0.0567. The molecule has 1 aliphatic carbocycles. The van der Waals surface area contributed by atoms with Gasteiger partial charge < -0.3 is 10.4 Å². The van der Waals surface area contributed by atoms with E-state index < -0.39 is 17.2 Å². The summed E-state index contributed by atoms with van der Waals surface area (Å²) in [6, 6.07) is 5.74. The fraction of sp³-hybridized carbons (Fsp3) is 0.421. The monoisotopic (exact) mass is 357 g/mol. The third-order valence-corrected chi connectivity index (χ3v) is 5.41. The van der Waals surface area contributed by atoms with Crippen LogP contribution in [0.1, 0.15) is 53.5 Å². The van der Waals surface area contributed by atoms with Crippen LogP contribution >= 0.6 is 0 Å². The molecule has 136 valence electrons. The molecule has 26 heavy (non-hydrogen) atoms. The third kappa shape index (κ3) is 2.98. The first kappa shape index (κ1) is 16.8. The normalized spacial score (nSPS) is 21.1. The highest BCUT2D eigenvalue weighted by molar-refractivity contribution is 5.94. The number of carbonyl (C=O) groups excluding carboxylic acids is 1. The van der Waals surface area contributed by atoms with E-state index in [0.29, 0.717) is 23.9 Å². The second-order valence-electron chi connectivity index (χ2n) is 7.11. The van der Waals surface area contributed by atoms with Crippen molar-refractivity contribution in [3.63, 3.8) is 0 Å². The molecule has 0 unspecified atom stereocenters. The van der Waals surface area contributed by atoms with E-state index in [9.17, 15) is 19.1 Å². The quantitative estimate of drug-likeness (QED) is 0.883. The number of halogens is 1. The Morgan fingerprint density at radius 2 is 1.92 bits per heavy atom. The number of nitrogens with one attached hydrogen (secondary N) is 1. The summed E-state index contributed by atoms with van der Waals surface area (Å²) >= 11 is 0. The van der Waals surface area contributed by atoms with Crippen molar-refractivity contribution in [1.82, 2.24) is 14.9 Å². The molecule has 3 aliphatic rings. The highest BCUT2D eigenvalue weighted by Gasteiger charge is 2.33. The molecule has 2 aliphatic heterocycles. The van der Waals surface area contributed by atoms with E-state index in [1.807, 2.05) is 0 Å². The van der Waals surface area contributed by atoms with Gasteiger partial charge >= 0.3 is 0 Å². The average Bonchev–Trinajstić information content (AvgIpc) is 2.93. The van der Waals surface area contributed by atoms with Gasteiger partial charge in [0, 0.05) is 19.0 Å². The van der Waals surface area contributed by atoms with Gasteiger partial charge in [0.15, 0.2) is 5.69 Å². The van der Waals surface area contributed by atoms with Crippen LogP contribution in [0, 0.1) is 11.7 Å². The number of hydrogen-bond acceptors (Lipinski definition) is 4. The zero-order chi connectivity index (χ0) is 18.3. The van der Waals surface area contributed by atoms with Crippen molar-refractivity contribution in [2.75, 3.05) is 0 Å². The van der Waals surface area contributed by atoms with Gasteiger partial charge in [-0.15, -0.1) is 0 Å². The van der Waals surface area contributed by atoms with Crippen LogP contribution < -0.4 is 10.9 Å². The Hall–Kier alpha value is -2.70. The highest BCUT2D eigenvalue weighted by Crippen LogP contribution is 2.39. The van der Waals surface area contributed by atoms with Crippen molar-refractivity contribution in [2.24, 2.45) is 5.92 Å². The molecular weight excluding hydrogens is 337 g/mol. The minimum Gasteiger partial charge on any atom is -0.501 e. The predicted octanol–water partition coefficient (Wildman–Crippen LogP) is 2.31. The molecule has 2 bridgehead atoms. The maximum Gasteiger partial charge on any atom is 0.296 e. The van der Waals surface area contributed by atoms with Crippen LogP contribution in [0.25, 0.3) is 0 Å². The van der Waals surface area contributed by atoms with Crippen LogP contribution in [0.5, 0.6) is 5.75 Å². The minimum absolute atomic E-state index is 0.157. The number of rotatable bonds is 3. The molecule has 0 saturated heterocycles. The standard InChI is InChI=1S/C19H20FN3O3/c20-14-7-3-11(4-8-14)9-21-18(25)15-16(24)19(26)23-10-12-1-5-13(6-2-12)17(23)22-15/h3-4,7-8,12-13,24H,1-2,5-6,9-10H2,(H,21,25). The minimum atomic E-state index is -0.605. The Balaban J connectivity index is 1.61. The van der Waals surface area contributed by atoms with Crippen molar-refractivity contribution >= 4 is 5.91 Å². The van der Waals surface area contributed by atoms with Crippen LogP contribution in [0.3, 0.4) is 0 Å². The lowest BCUT2D eigenvalue weighted by atomic mass is 9.83. The molecule has 0 atom stereocenters. The van der Waals surface area contributed by atoms with E-state index in [4.69, 9.17) is 0 Å². The summed E-state index contributed by atoms with van der Waals surface area (Å²) in [6.07, 6.45) is 4.00. The summed E-state index contributed by atoms with van der Waals surface area (Å²) < 4.78 is 14.5. The number of amides is 1. The Morgan fingerprint density at radius 3 is 2.62 bits per heavy atom. The maximum atomic E-state index is 12.9. The molecule has 1 saturated carbocycles. The van der Waals surface area contributed by atoms with Crippen LogP contribution in [-0.2, 0) is 13.1 Å². The van der Waals surface area contributed by atoms with E-state index in [1.165, 1.54) is 12.1 Å². The van der Waals surface area contributed by atoms with E-state index in [1.54, 1.807) is 16.7 Å². The molecule has 0 radical (unpaired) electrons. The molecule has 6 nitrogen and oxygen atoms in total. The van der Waals surface area contributed by atoms with Gasteiger partial charge in [-0.25, -0.2) is 9.37 Å². The number of benzene rings is 1. The number of fused-ring (bicyclic) bond motifs is 2. The fourth-order valence-electron chi connectivity index (χ4n) is 3.94. The molecule has 1 fully saturated rings. The number of hydrogen-bond donors (Lipinski definition) is 2. The average molecular weight is 357 g/mol. The molecular formula is C19H20FN3O3. The van der Waals surface area contributed by atoms with Gasteiger partial charge in [0.2, 0.25) is 5.75 Å².